The Hall–Kier alpha value is -6.70. The van der Waals surface area contributed by atoms with Crippen LogP contribution in [-0.2, 0) is 57.8 Å². The molecule has 0 bridgehead atoms. The van der Waals surface area contributed by atoms with Gasteiger partial charge in [-0.25, -0.2) is 24.4 Å². The fourth-order valence-electron chi connectivity index (χ4n) is 7.87. The van der Waals surface area contributed by atoms with E-state index in [9.17, 15) is 28.8 Å². The maximum Gasteiger partial charge on any atom is 0.410 e. The molecule has 2 aromatic heterocycles. The van der Waals surface area contributed by atoms with Crippen molar-refractivity contribution in [1.82, 2.24) is 40.3 Å². The number of fused-ring (bicyclic) bond motifs is 3. The number of rotatable bonds is 28. The largest absolute Gasteiger partial charge is 0.460 e. The summed E-state index contributed by atoms with van der Waals surface area (Å²) in [4.78, 5) is 91.4. The lowest BCUT2D eigenvalue weighted by atomic mass is 10.1. The minimum atomic E-state index is -1.09. The van der Waals surface area contributed by atoms with Crippen LogP contribution in [0.5, 0.6) is 0 Å². The van der Waals surface area contributed by atoms with Crippen molar-refractivity contribution in [3.63, 3.8) is 0 Å². The first-order chi connectivity index (χ1) is 35.4. The number of para-hydroxylation sites is 1. The van der Waals surface area contributed by atoms with Gasteiger partial charge < -0.3 is 59.7 Å². The zero-order valence-corrected chi connectivity index (χ0v) is 46.0. The van der Waals surface area contributed by atoms with E-state index in [1.807, 2.05) is 86.9 Å². The van der Waals surface area contributed by atoms with Gasteiger partial charge in [0.2, 0.25) is 11.8 Å². The van der Waals surface area contributed by atoms with E-state index in [1.54, 1.807) is 51.3 Å². The maximum absolute atomic E-state index is 13.8. The van der Waals surface area contributed by atoms with Crippen LogP contribution >= 0.6 is 0 Å². The van der Waals surface area contributed by atoms with Crippen molar-refractivity contribution in [2.24, 2.45) is 0 Å². The average Bonchev–Trinajstić information content (AvgIpc) is 3.70. The Morgan fingerprint density at radius 3 is 1.85 bits per heavy atom. The molecule has 5 amide bonds. The maximum atomic E-state index is 13.8. The highest BCUT2D eigenvalue weighted by atomic mass is 16.6. The molecule has 75 heavy (non-hydrogen) atoms. The third-order valence-corrected chi connectivity index (χ3v) is 11.3. The van der Waals surface area contributed by atoms with E-state index in [2.05, 4.69) is 20.9 Å². The molecule has 2 heterocycles. The van der Waals surface area contributed by atoms with Crippen LogP contribution in [-0.4, -0.2) is 129 Å². The number of carbonyl (C=O) groups is 6. The van der Waals surface area contributed by atoms with Crippen LogP contribution in [0.4, 0.5) is 20.2 Å². The first kappa shape index (κ1) is 60.9. The van der Waals surface area contributed by atoms with Crippen molar-refractivity contribution >= 4 is 63.8 Å². The summed E-state index contributed by atoms with van der Waals surface area (Å²) >= 11 is 0. The number of esters is 1. The second-order valence-corrected chi connectivity index (χ2v) is 21.4. The van der Waals surface area contributed by atoms with Gasteiger partial charge in [-0.1, -0.05) is 48.5 Å². The van der Waals surface area contributed by atoms with Gasteiger partial charge in [0.1, 0.15) is 47.4 Å². The molecule has 0 aliphatic carbocycles. The van der Waals surface area contributed by atoms with Crippen LogP contribution in [0.2, 0.25) is 0 Å². The van der Waals surface area contributed by atoms with E-state index in [0.29, 0.717) is 88.5 Å². The zero-order chi connectivity index (χ0) is 55.2. The molecule has 0 saturated carbocycles. The summed E-state index contributed by atoms with van der Waals surface area (Å²) in [5.74, 6) is -0.135. The molecule has 0 unspecified atom stereocenters. The number of alkyl carbamates (subject to hydrolysis) is 1. The number of nitrogens with two attached hydrogens (primary N) is 1. The minimum absolute atomic E-state index is 0.0112. The van der Waals surface area contributed by atoms with E-state index < -0.39 is 47.0 Å². The Balaban J connectivity index is 1.33. The van der Waals surface area contributed by atoms with Gasteiger partial charge in [0.25, 0.3) is 0 Å². The number of unbranched alkanes of at least 4 members (excludes halogenated alkanes) is 2. The molecule has 20 nitrogen and oxygen atoms in total. The molecule has 0 aliphatic rings. The van der Waals surface area contributed by atoms with Gasteiger partial charge in [0.15, 0.2) is 5.82 Å². The molecule has 0 saturated heterocycles. The van der Waals surface area contributed by atoms with Crippen LogP contribution in [0.1, 0.15) is 138 Å². The summed E-state index contributed by atoms with van der Waals surface area (Å²) in [7, 11) is 0. The standard InChI is InChI=1S/C55H83N9O11/c1-11-71-38-43-61-46-47(40-25-15-16-26-41(40)59-48(46)56)64(43)36-22-31-58-49(67)42(60-50(68)72-37-39-23-13-12-14-24-39)28-29-44(65)57-30-21-35-63(52(70)75-55(8,9)10)34-20-19-33-62(51(69)74-54(5,6)7)32-18-17-27-45(66)73-53(2,3)4/h12-16,23-26,42H,11,17-22,27-38H2,1-10H3,(H2,56,59)(H,57,65)(H,58,67)(H,60,68)/t42-/m0/s1. The number of hydrogen-bond donors (Lipinski definition) is 4. The van der Waals surface area contributed by atoms with Gasteiger partial charge in [-0.05, 0) is 126 Å². The number of nitrogens with one attached hydrogen (secondary N) is 3. The van der Waals surface area contributed by atoms with Gasteiger partial charge in [-0.3, -0.25) is 14.4 Å². The van der Waals surface area contributed by atoms with E-state index in [4.69, 9.17) is 34.4 Å². The fraction of sp³-hybridized carbons (Fsp3) is 0.600. The number of hydrogen-bond acceptors (Lipinski definition) is 14. The van der Waals surface area contributed by atoms with E-state index in [-0.39, 0.29) is 64.0 Å². The van der Waals surface area contributed by atoms with Crippen molar-refractivity contribution in [3.8, 4) is 0 Å². The highest BCUT2D eigenvalue weighted by Crippen LogP contribution is 2.29. The normalized spacial score (nSPS) is 12.2. The fourth-order valence-corrected chi connectivity index (χ4v) is 7.87. The van der Waals surface area contributed by atoms with Crippen LogP contribution in [0.15, 0.2) is 54.6 Å². The summed E-state index contributed by atoms with van der Waals surface area (Å²) in [5.41, 5.74) is 7.24. The zero-order valence-electron chi connectivity index (χ0n) is 46.0. The first-order valence-corrected chi connectivity index (χ1v) is 26.2. The van der Waals surface area contributed by atoms with Crippen molar-refractivity contribution in [2.75, 3.05) is 51.6 Å². The molecule has 20 heteroatoms. The number of aromatic nitrogens is 3. The topological polar surface area (TPSA) is 248 Å². The second-order valence-electron chi connectivity index (χ2n) is 21.4. The molecule has 0 aliphatic heterocycles. The Morgan fingerprint density at radius 2 is 1.24 bits per heavy atom. The van der Waals surface area contributed by atoms with Crippen LogP contribution in [0.25, 0.3) is 21.9 Å². The molecule has 4 aromatic rings. The smallest absolute Gasteiger partial charge is 0.410 e. The quantitative estimate of drug-likeness (QED) is 0.0236. The van der Waals surface area contributed by atoms with Crippen LogP contribution in [0.3, 0.4) is 0 Å². The Morgan fingerprint density at radius 1 is 0.667 bits per heavy atom. The second kappa shape index (κ2) is 29.4. The number of nitrogen functional groups attached to an aromatic ring is 1. The molecule has 2 aromatic carbocycles. The number of aryl methyl sites for hydroxylation is 1. The highest BCUT2D eigenvalue weighted by Gasteiger charge is 2.26. The van der Waals surface area contributed by atoms with Crippen molar-refractivity contribution in [2.45, 2.75) is 170 Å². The Kier molecular flexibility index (Phi) is 23.9. The molecular formula is C55H83N9O11. The van der Waals surface area contributed by atoms with Crippen molar-refractivity contribution in [1.29, 1.82) is 0 Å². The minimum Gasteiger partial charge on any atom is -0.460 e. The third kappa shape index (κ3) is 22.4. The molecule has 4 rings (SSSR count). The highest BCUT2D eigenvalue weighted by molar-refractivity contribution is 6.06. The average molecular weight is 1050 g/mol. The predicted octanol–water partition coefficient (Wildman–Crippen LogP) is 8.56. The lowest BCUT2D eigenvalue weighted by molar-refractivity contribution is -0.155. The van der Waals surface area contributed by atoms with E-state index in [1.165, 1.54) is 0 Å². The molecule has 0 spiro atoms. The van der Waals surface area contributed by atoms with Gasteiger partial charge in [0, 0.05) is 70.6 Å². The molecular weight excluding hydrogens is 963 g/mol. The Bertz CT molecular complexity index is 2480. The summed E-state index contributed by atoms with van der Waals surface area (Å²) in [5, 5.41) is 9.35. The lowest BCUT2D eigenvalue weighted by Gasteiger charge is -2.29. The lowest BCUT2D eigenvalue weighted by Crippen LogP contribution is -2.47. The van der Waals surface area contributed by atoms with Crippen LogP contribution < -0.4 is 21.7 Å². The van der Waals surface area contributed by atoms with E-state index >= 15 is 0 Å². The summed E-state index contributed by atoms with van der Waals surface area (Å²) in [6, 6.07) is 15.7. The molecule has 1 atom stereocenters. The summed E-state index contributed by atoms with van der Waals surface area (Å²) < 4.78 is 30.0. The first-order valence-electron chi connectivity index (χ1n) is 26.2. The van der Waals surface area contributed by atoms with Gasteiger partial charge in [-0.2, -0.15) is 0 Å². The van der Waals surface area contributed by atoms with Gasteiger partial charge in [0.05, 0.1) is 11.0 Å². The summed E-state index contributed by atoms with van der Waals surface area (Å²) in [6.45, 7) is 21.2. The van der Waals surface area contributed by atoms with E-state index in [0.717, 1.165) is 22.0 Å². The van der Waals surface area contributed by atoms with Crippen molar-refractivity contribution < 1.29 is 52.5 Å². The molecule has 0 radical (unpaired) electrons. The van der Waals surface area contributed by atoms with Gasteiger partial charge in [-0.15, -0.1) is 0 Å². The number of imidazole rings is 1. The van der Waals surface area contributed by atoms with Crippen LogP contribution in [0, 0.1) is 0 Å². The third-order valence-electron chi connectivity index (χ3n) is 11.3. The molecule has 0 fully saturated rings. The number of pyridine rings is 1. The Labute approximate surface area is 442 Å². The number of nitrogens with zero attached hydrogens (tertiary/aromatic N) is 5. The monoisotopic (exact) mass is 1050 g/mol. The molecule has 414 valence electrons. The number of benzene rings is 2. The summed E-state index contributed by atoms with van der Waals surface area (Å²) in [6.07, 6.45) is 1.49. The van der Waals surface area contributed by atoms with Gasteiger partial charge >= 0.3 is 24.2 Å². The number of anilines is 1. The predicted molar refractivity (Wildman–Crippen MR) is 287 cm³/mol. The number of ether oxygens (including phenoxy) is 5. The SMILES string of the molecule is CCOCc1nc2c(N)nc3ccccc3c2n1CCCNC(=O)[C@H](CCC(=O)NCCCN(CCCCN(CCCCC(=O)OC(C)(C)C)C(=O)OC(C)(C)C)C(=O)OC(C)(C)C)NC(=O)OCc1ccccc1. The number of carbonyl (C=O) groups excluding carboxylic acids is 6. The van der Waals surface area contributed by atoms with Crippen molar-refractivity contribution in [3.05, 3.63) is 66.0 Å². The molecule has 5 N–H and O–H groups in total. The number of amides is 5.